The molecule has 1 N–H and O–H groups in total. The fourth-order valence-corrected chi connectivity index (χ4v) is 1.84. The summed E-state index contributed by atoms with van der Waals surface area (Å²) in [4.78, 5) is 17.2. The normalized spacial score (nSPS) is 12.6. The number of carbonyl (C=O) groups is 1. The van der Waals surface area contributed by atoms with Crippen molar-refractivity contribution in [2.75, 3.05) is 19.0 Å². The number of carboxylic acids is 1. The fourth-order valence-electron chi connectivity index (χ4n) is 1.84. The summed E-state index contributed by atoms with van der Waals surface area (Å²) >= 11 is 0. The van der Waals surface area contributed by atoms with Gasteiger partial charge in [-0.2, -0.15) is 0 Å². The van der Waals surface area contributed by atoms with Crippen molar-refractivity contribution < 1.29 is 9.90 Å². The second kappa shape index (κ2) is 4.08. The number of hydrogen-bond acceptors (Lipinski definition) is 3. The van der Waals surface area contributed by atoms with Crippen LogP contribution < -0.4 is 4.90 Å². The lowest BCUT2D eigenvalue weighted by atomic mass is 10.1. The van der Waals surface area contributed by atoms with Gasteiger partial charge < -0.3 is 10.0 Å². The average molecular weight is 233 g/mol. The Bertz CT molecular complexity index is 560. The highest BCUT2D eigenvalue weighted by atomic mass is 16.4. The third-order valence-electron chi connectivity index (χ3n) is 2.82. The van der Waals surface area contributed by atoms with Crippen molar-refractivity contribution in [2.45, 2.75) is 12.8 Å². The van der Waals surface area contributed by atoms with Crippen LogP contribution in [0.3, 0.4) is 0 Å². The van der Waals surface area contributed by atoms with E-state index >= 15 is 0 Å². The van der Waals surface area contributed by atoms with Crippen LogP contribution in [0.5, 0.6) is 0 Å². The maximum Gasteiger partial charge on any atom is 0.312 e. The minimum absolute atomic E-state index is 0.598. The SMILES string of the molecule is CC(C(=O)O)c1ncn2c(N(C)C)cccc12. The molecule has 5 heteroatoms. The van der Waals surface area contributed by atoms with Gasteiger partial charge in [0, 0.05) is 14.1 Å². The standard InChI is InChI=1S/C12H15N3O2/c1-8(12(16)17)11-9-5-4-6-10(14(2)3)15(9)7-13-11/h4-8H,1-3H3,(H,16,17). The summed E-state index contributed by atoms with van der Waals surface area (Å²) in [5.74, 6) is -0.489. The lowest BCUT2D eigenvalue weighted by molar-refractivity contribution is -0.138. The molecule has 0 amide bonds. The van der Waals surface area contributed by atoms with Crippen molar-refractivity contribution >= 4 is 17.3 Å². The summed E-state index contributed by atoms with van der Waals surface area (Å²) in [6.07, 6.45) is 1.67. The maximum absolute atomic E-state index is 11.0. The number of anilines is 1. The van der Waals surface area contributed by atoms with E-state index in [0.29, 0.717) is 5.69 Å². The van der Waals surface area contributed by atoms with Crippen molar-refractivity contribution in [1.82, 2.24) is 9.38 Å². The molecule has 90 valence electrons. The summed E-state index contributed by atoms with van der Waals surface area (Å²) in [5.41, 5.74) is 1.44. The number of carboxylic acid groups (broad SMARTS) is 1. The number of nitrogens with zero attached hydrogens (tertiary/aromatic N) is 3. The predicted octanol–water partition coefficient (Wildman–Crippen LogP) is 1.59. The maximum atomic E-state index is 11.0. The lowest BCUT2D eigenvalue weighted by Crippen LogP contribution is -2.12. The molecule has 0 spiro atoms. The van der Waals surface area contributed by atoms with Crippen LogP contribution in [0.2, 0.25) is 0 Å². The van der Waals surface area contributed by atoms with Gasteiger partial charge in [0.05, 0.1) is 17.1 Å². The molecule has 0 radical (unpaired) electrons. The van der Waals surface area contributed by atoms with Gasteiger partial charge in [-0.15, -0.1) is 0 Å². The molecule has 1 atom stereocenters. The first kappa shape index (κ1) is 11.4. The second-order valence-corrected chi connectivity index (χ2v) is 4.22. The Morgan fingerprint density at radius 1 is 1.47 bits per heavy atom. The molecule has 0 aliphatic carbocycles. The van der Waals surface area contributed by atoms with E-state index in [9.17, 15) is 4.79 Å². The number of fused-ring (bicyclic) bond motifs is 1. The van der Waals surface area contributed by atoms with E-state index in [1.165, 1.54) is 0 Å². The van der Waals surface area contributed by atoms with Gasteiger partial charge in [-0.3, -0.25) is 9.20 Å². The Morgan fingerprint density at radius 3 is 2.76 bits per heavy atom. The first-order valence-corrected chi connectivity index (χ1v) is 5.38. The Kier molecular flexibility index (Phi) is 2.75. The van der Waals surface area contributed by atoms with Crippen LogP contribution in [0.1, 0.15) is 18.5 Å². The predicted molar refractivity (Wildman–Crippen MR) is 65.6 cm³/mol. The quantitative estimate of drug-likeness (QED) is 0.874. The van der Waals surface area contributed by atoms with E-state index in [1.54, 1.807) is 13.3 Å². The molecule has 2 heterocycles. The van der Waals surface area contributed by atoms with Gasteiger partial charge in [0.25, 0.3) is 0 Å². The third kappa shape index (κ3) is 1.84. The van der Waals surface area contributed by atoms with E-state index in [2.05, 4.69) is 4.98 Å². The Balaban J connectivity index is 2.62. The average Bonchev–Trinajstić information content (AvgIpc) is 2.70. The first-order valence-electron chi connectivity index (χ1n) is 5.38. The Morgan fingerprint density at radius 2 is 2.18 bits per heavy atom. The highest BCUT2D eigenvalue weighted by Crippen LogP contribution is 2.23. The molecule has 2 rings (SSSR count). The summed E-state index contributed by atoms with van der Waals surface area (Å²) < 4.78 is 1.90. The molecule has 0 aliphatic rings. The highest BCUT2D eigenvalue weighted by Gasteiger charge is 2.19. The fraction of sp³-hybridized carbons (Fsp3) is 0.333. The van der Waals surface area contributed by atoms with Crippen LogP contribution in [0.15, 0.2) is 24.5 Å². The molecule has 2 aromatic rings. The molecular formula is C12H15N3O2. The van der Waals surface area contributed by atoms with E-state index in [4.69, 9.17) is 5.11 Å². The van der Waals surface area contributed by atoms with Crippen LogP contribution in [0.25, 0.3) is 5.52 Å². The Labute approximate surface area is 99.3 Å². The van der Waals surface area contributed by atoms with Crippen LogP contribution in [-0.2, 0) is 4.79 Å². The van der Waals surface area contributed by atoms with Gasteiger partial charge in [-0.1, -0.05) is 6.07 Å². The number of hydrogen-bond donors (Lipinski definition) is 1. The van der Waals surface area contributed by atoms with E-state index in [-0.39, 0.29) is 0 Å². The number of imidazole rings is 1. The zero-order chi connectivity index (χ0) is 12.6. The van der Waals surface area contributed by atoms with E-state index < -0.39 is 11.9 Å². The monoisotopic (exact) mass is 233 g/mol. The Hall–Kier alpha value is -2.04. The molecule has 0 aliphatic heterocycles. The van der Waals surface area contributed by atoms with Crippen LogP contribution in [0.4, 0.5) is 5.82 Å². The summed E-state index contributed by atoms with van der Waals surface area (Å²) in [5, 5.41) is 9.03. The van der Waals surface area contributed by atoms with Gasteiger partial charge in [0.15, 0.2) is 0 Å². The lowest BCUT2D eigenvalue weighted by Gasteiger charge is -2.14. The molecule has 5 nitrogen and oxygen atoms in total. The molecule has 17 heavy (non-hydrogen) atoms. The third-order valence-corrected chi connectivity index (χ3v) is 2.82. The molecular weight excluding hydrogens is 218 g/mol. The van der Waals surface area contributed by atoms with Gasteiger partial charge in [-0.25, -0.2) is 4.98 Å². The molecule has 2 aromatic heterocycles. The van der Waals surface area contributed by atoms with Gasteiger partial charge >= 0.3 is 5.97 Å². The topological polar surface area (TPSA) is 57.8 Å². The molecule has 1 unspecified atom stereocenters. The minimum Gasteiger partial charge on any atom is -0.481 e. The molecule has 0 aromatic carbocycles. The van der Waals surface area contributed by atoms with Crippen molar-refractivity contribution in [3.63, 3.8) is 0 Å². The summed E-state index contributed by atoms with van der Waals surface area (Å²) in [6.45, 7) is 1.65. The van der Waals surface area contributed by atoms with Crippen LogP contribution in [0, 0.1) is 0 Å². The molecule has 0 fully saturated rings. The van der Waals surface area contributed by atoms with Gasteiger partial charge in [-0.05, 0) is 19.1 Å². The number of rotatable bonds is 3. The van der Waals surface area contributed by atoms with E-state index in [0.717, 1.165) is 11.3 Å². The van der Waals surface area contributed by atoms with Crippen molar-refractivity contribution in [3.8, 4) is 0 Å². The largest absolute Gasteiger partial charge is 0.481 e. The van der Waals surface area contributed by atoms with E-state index in [1.807, 2.05) is 41.6 Å². The number of aliphatic carboxylic acids is 1. The van der Waals surface area contributed by atoms with Crippen molar-refractivity contribution in [3.05, 3.63) is 30.2 Å². The smallest absolute Gasteiger partial charge is 0.312 e. The minimum atomic E-state index is -0.860. The van der Waals surface area contributed by atoms with Crippen molar-refractivity contribution in [1.29, 1.82) is 0 Å². The van der Waals surface area contributed by atoms with Gasteiger partial charge in [0.2, 0.25) is 0 Å². The van der Waals surface area contributed by atoms with Crippen molar-refractivity contribution in [2.24, 2.45) is 0 Å². The summed E-state index contributed by atoms with van der Waals surface area (Å²) in [6, 6.07) is 5.75. The highest BCUT2D eigenvalue weighted by molar-refractivity contribution is 5.78. The molecule has 0 saturated carbocycles. The summed E-state index contributed by atoms with van der Waals surface area (Å²) in [7, 11) is 3.88. The second-order valence-electron chi connectivity index (χ2n) is 4.22. The zero-order valence-corrected chi connectivity index (χ0v) is 10.1. The van der Waals surface area contributed by atoms with Gasteiger partial charge in [0.1, 0.15) is 12.1 Å². The van der Waals surface area contributed by atoms with Crippen LogP contribution >= 0.6 is 0 Å². The zero-order valence-electron chi connectivity index (χ0n) is 10.1. The number of aromatic nitrogens is 2. The number of pyridine rings is 1. The first-order chi connectivity index (χ1) is 8.02. The molecule has 0 saturated heterocycles. The van der Waals surface area contributed by atoms with Crippen LogP contribution in [-0.4, -0.2) is 34.6 Å². The molecule has 0 bridgehead atoms.